The number of imidazole rings is 1. The molecule has 0 aliphatic heterocycles. The highest BCUT2D eigenvalue weighted by Gasteiger charge is 2.20. The lowest BCUT2D eigenvalue weighted by Crippen LogP contribution is -2.27. The Hall–Kier alpha value is -3.27. The maximum Gasteiger partial charge on any atom is 0.181 e. The lowest BCUT2D eigenvalue weighted by Gasteiger charge is -2.22. The van der Waals surface area contributed by atoms with Crippen molar-refractivity contribution in [1.82, 2.24) is 9.38 Å². The summed E-state index contributed by atoms with van der Waals surface area (Å²) < 4.78 is 8.21. The number of anilines is 1. The first-order valence-electron chi connectivity index (χ1n) is 9.53. The molecule has 0 radical (unpaired) electrons. The maximum atomic E-state index is 6.13. The van der Waals surface area contributed by atoms with Crippen LogP contribution in [0.5, 0.6) is 5.75 Å². The fraction of sp³-hybridized carbons (Fsp3) is 0.208. The van der Waals surface area contributed by atoms with Gasteiger partial charge in [-0.1, -0.05) is 60.7 Å². The minimum Gasteiger partial charge on any atom is -0.485 e. The lowest BCUT2D eigenvalue weighted by atomic mass is 10.1. The number of hydrogen-bond donors (Lipinski definition) is 1. The van der Waals surface area contributed by atoms with E-state index in [1.54, 1.807) is 0 Å². The summed E-state index contributed by atoms with van der Waals surface area (Å²) in [7, 11) is 0. The summed E-state index contributed by atoms with van der Waals surface area (Å²) in [5.41, 5.74) is 3.84. The second-order valence-electron chi connectivity index (χ2n) is 7.89. The third-order valence-corrected chi connectivity index (χ3v) is 4.39. The van der Waals surface area contributed by atoms with E-state index in [1.165, 1.54) is 0 Å². The van der Waals surface area contributed by atoms with Gasteiger partial charge in [-0.15, -0.1) is 0 Å². The van der Waals surface area contributed by atoms with Crippen LogP contribution >= 0.6 is 0 Å². The predicted molar refractivity (Wildman–Crippen MR) is 115 cm³/mol. The van der Waals surface area contributed by atoms with Gasteiger partial charge in [0, 0.05) is 17.3 Å². The maximum absolute atomic E-state index is 6.13. The van der Waals surface area contributed by atoms with Crippen molar-refractivity contribution < 1.29 is 4.74 Å². The first-order valence-corrected chi connectivity index (χ1v) is 9.53. The number of aromatic nitrogens is 2. The molecule has 0 amide bonds. The minimum absolute atomic E-state index is 0.0968. The molecule has 0 bridgehead atoms. The summed E-state index contributed by atoms with van der Waals surface area (Å²) in [5, 5.41) is 3.62. The quantitative estimate of drug-likeness (QED) is 0.482. The molecule has 0 fully saturated rings. The molecule has 4 aromatic rings. The Labute approximate surface area is 165 Å². The van der Waals surface area contributed by atoms with Gasteiger partial charge in [0.2, 0.25) is 0 Å². The Bertz CT molecular complexity index is 1060. The number of hydrogen-bond acceptors (Lipinski definition) is 3. The minimum atomic E-state index is -0.0968. The number of nitrogens with zero attached hydrogens (tertiary/aromatic N) is 2. The Kier molecular flexibility index (Phi) is 4.78. The summed E-state index contributed by atoms with van der Waals surface area (Å²) >= 11 is 0. The zero-order chi connectivity index (χ0) is 19.6. The van der Waals surface area contributed by atoms with Gasteiger partial charge in [0.05, 0.1) is 0 Å². The average Bonchev–Trinajstić information content (AvgIpc) is 3.05. The van der Waals surface area contributed by atoms with E-state index in [0.717, 1.165) is 34.0 Å². The van der Waals surface area contributed by atoms with Gasteiger partial charge >= 0.3 is 0 Å². The highest BCUT2D eigenvalue weighted by atomic mass is 16.5. The van der Waals surface area contributed by atoms with Crippen LogP contribution in [0.15, 0.2) is 79.0 Å². The average molecular weight is 371 g/mol. The van der Waals surface area contributed by atoms with Crippen LogP contribution in [0.2, 0.25) is 0 Å². The standard InChI is InChI=1S/C24H25N3O/c1-24(2,3)26-23-21(19-13-8-5-9-14-19)25-22-20(15-10-16-27(22)23)28-17-18-11-6-4-7-12-18/h4-16,26H,17H2,1-3H3. The van der Waals surface area contributed by atoms with Crippen LogP contribution in [-0.2, 0) is 6.61 Å². The SMILES string of the molecule is CC(C)(C)Nc1c(-c2ccccc2)nc2c(OCc3ccccc3)cccn12. The van der Waals surface area contributed by atoms with Crippen molar-refractivity contribution >= 4 is 11.5 Å². The Morgan fingerprint density at radius 1 is 0.893 bits per heavy atom. The van der Waals surface area contributed by atoms with E-state index in [2.05, 4.69) is 54.8 Å². The third kappa shape index (κ3) is 3.86. The van der Waals surface area contributed by atoms with Gasteiger partial charge < -0.3 is 10.1 Å². The Morgan fingerprint density at radius 2 is 1.57 bits per heavy atom. The van der Waals surface area contributed by atoms with Crippen molar-refractivity contribution in [3.63, 3.8) is 0 Å². The zero-order valence-corrected chi connectivity index (χ0v) is 16.5. The molecule has 2 aromatic carbocycles. The van der Waals surface area contributed by atoms with E-state index in [4.69, 9.17) is 9.72 Å². The Balaban J connectivity index is 1.79. The first-order chi connectivity index (χ1) is 13.5. The predicted octanol–water partition coefficient (Wildman–Crippen LogP) is 5.79. The van der Waals surface area contributed by atoms with Crippen molar-refractivity contribution in [2.45, 2.75) is 32.9 Å². The number of fused-ring (bicyclic) bond motifs is 1. The summed E-state index contributed by atoms with van der Waals surface area (Å²) in [6.07, 6.45) is 2.03. The molecule has 4 heteroatoms. The zero-order valence-electron chi connectivity index (χ0n) is 16.5. The van der Waals surface area contributed by atoms with Gasteiger partial charge in [0.1, 0.15) is 18.1 Å². The van der Waals surface area contributed by atoms with Gasteiger partial charge in [-0.05, 0) is 38.5 Å². The molecule has 142 valence electrons. The van der Waals surface area contributed by atoms with Crippen LogP contribution in [0.3, 0.4) is 0 Å². The van der Waals surface area contributed by atoms with Gasteiger partial charge in [-0.3, -0.25) is 4.40 Å². The largest absolute Gasteiger partial charge is 0.485 e. The van der Waals surface area contributed by atoms with Crippen LogP contribution < -0.4 is 10.1 Å². The molecule has 2 heterocycles. The molecule has 0 atom stereocenters. The van der Waals surface area contributed by atoms with E-state index in [1.807, 2.05) is 54.7 Å². The monoisotopic (exact) mass is 371 g/mol. The number of nitrogens with one attached hydrogen (secondary N) is 1. The summed E-state index contributed by atoms with van der Waals surface area (Å²) in [5.74, 6) is 1.74. The fourth-order valence-corrected chi connectivity index (χ4v) is 3.16. The van der Waals surface area contributed by atoms with E-state index in [-0.39, 0.29) is 5.54 Å². The lowest BCUT2D eigenvalue weighted by molar-refractivity contribution is 0.308. The van der Waals surface area contributed by atoms with Crippen LogP contribution in [0.1, 0.15) is 26.3 Å². The Morgan fingerprint density at radius 3 is 2.25 bits per heavy atom. The van der Waals surface area contributed by atoms with E-state index < -0.39 is 0 Å². The number of benzene rings is 2. The van der Waals surface area contributed by atoms with Gasteiger partial charge in [0.15, 0.2) is 11.4 Å². The van der Waals surface area contributed by atoms with Crippen LogP contribution in [0, 0.1) is 0 Å². The van der Waals surface area contributed by atoms with Crippen LogP contribution in [-0.4, -0.2) is 14.9 Å². The van der Waals surface area contributed by atoms with E-state index in [9.17, 15) is 0 Å². The first kappa shape index (κ1) is 18.1. The number of ether oxygens (including phenoxy) is 1. The summed E-state index contributed by atoms with van der Waals surface area (Å²) in [6, 6.07) is 24.4. The molecule has 0 saturated heterocycles. The van der Waals surface area contributed by atoms with Crippen LogP contribution in [0.4, 0.5) is 5.82 Å². The molecule has 0 spiro atoms. The third-order valence-electron chi connectivity index (χ3n) is 4.39. The highest BCUT2D eigenvalue weighted by molar-refractivity contribution is 5.78. The van der Waals surface area contributed by atoms with Crippen molar-refractivity contribution in [1.29, 1.82) is 0 Å². The molecule has 0 saturated carbocycles. The summed E-state index contributed by atoms with van der Waals surface area (Å²) in [4.78, 5) is 4.95. The van der Waals surface area contributed by atoms with Crippen molar-refractivity contribution in [2.24, 2.45) is 0 Å². The van der Waals surface area contributed by atoms with Gasteiger partial charge in [-0.2, -0.15) is 0 Å². The van der Waals surface area contributed by atoms with E-state index >= 15 is 0 Å². The van der Waals surface area contributed by atoms with E-state index in [0.29, 0.717) is 6.61 Å². The summed E-state index contributed by atoms with van der Waals surface area (Å²) in [6.45, 7) is 6.96. The number of pyridine rings is 1. The smallest absolute Gasteiger partial charge is 0.181 e. The molecule has 4 nitrogen and oxygen atoms in total. The topological polar surface area (TPSA) is 38.6 Å². The van der Waals surface area contributed by atoms with Crippen molar-refractivity contribution in [2.75, 3.05) is 5.32 Å². The molecule has 0 aliphatic carbocycles. The molecule has 4 rings (SSSR count). The molecule has 28 heavy (non-hydrogen) atoms. The molecular formula is C24H25N3O. The highest BCUT2D eigenvalue weighted by Crippen LogP contribution is 2.33. The van der Waals surface area contributed by atoms with Crippen molar-refractivity contribution in [3.05, 3.63) is 84.6 Å². The number of rotatable bonds is 5. The molecule has 2 aromatic heterocycles. The second-order valence-corrected chi connectivity index (χ2v) is 7.89. The van der Waals surface area contributed by atoms with Gasteiger partial charge in [-0.25, -0.2) is 4.98 Å². The molecule has 0 unspecified atom stereocenters. The fourth-order valence-electron chi connectivity index (χ4n) is 3.16. The molecule has 1 N–H and O–H groups in total. The van der Waals surface area contributed by atoms with Gasteiger partial charge in [0.25, 0.3) is 0 Å². The molecular weight excluding hydrogens is 346 g/mol. The normalized spacial score (nSPS) is 11.5. The van der Waals surface area contributed by atoms with Crippen LogP contribution in [0.25, 0.3) is 16.9 Å². The second kappa shape index (κ2) is 7.39. The van der Waals surface area contributed by atoms with Crippen molar-refractivity contribution in [3.8, 4) is 17.0 Å². The molecule has 0 aliphatic rings.